The van der Waals surface area contributed by atoms with Crippen molar-refractivity contribution in [3.05, 3.63) is 23.8 Å². The topological polar surface area (TPSA) is 20.2 Å². The predicted molar refractivity (Wildman–Crippen MR) is 57.7 cm³/mol. The molecule has 70 valence electrons. The summed E-state index contributed by atoms with van der Waals surface area (Å²) in [5.41, 5.74) is 1.31. The fourth-order valence-electron chi connectivity index (χ4n) is 0.793. The van der Waals surface area contributed by atoms with Gasteiger partial charge in [0.25, 0.3) is 0 Å². The largest absolute Gasteiger partial charge is 0.432 e. The molecule has 0 bridgehead atoms. The van der Waals surface area contributed by atoms with Gasteiger partial charge in [0.1, 0.15) is 0 Å². The molecule has 0 aromatic heterocycles. The van der Waals surface area contributed by atoms with Crippen LogP contribution < -0.4 is 0 Å². The van der Waals surface area contributed by atoms with Crippen molar-refractivity contribution in [2.75, 3.05) is 0 Å². The van der Waals surface area contributed by atoms with Crippen molar-refractivity contribution >= 4 is 8.32 Å². The molecule has 0 radical (unpaired) electrons. The van der Waals surface area contributed by atoms with E-state index >= 15 is 0 Å². The first kappa shape index (κ1) is 11.7. The van der Waals surface area contributed by atoms with Gasteiger partial charge in [0.05, 0.1) is 0 Å². The molecule has 0 rings (SSSR count). The molecule has 0 atom stereocenters. The molecule has 0 heterocycles. The minimum Gasteiger partial charge on any atom is -0.432 e. The van der Waals surface area contributed by atoms with Crippen LogP contribution in [-0.4, -0.2) is 13.1 Å². The lowest BCUT2D eigenvalue weighted by Gasteiger charge is -2.10. The molecule has 2 heteroatoms. The molecule has 0 aliphatic carbocycles. The van der Waals surface area contributed by atoms with Gasteiger partial charge < -0.3 is 4.80 Å². The van der Waals surface area contributed by atoms with Gasteiger partial charge in [0, 0.05) is 0 Å². The van der Waals surface area contributed by atoms with Gasteiger partial charge in [-0.2, -0.15) is 0 Å². The maximum Gasteiger partial charge on any atom is 0.182 e. The maximum absolute atomic E-state index is 9.52. The van der Waals surface area contributed by atoms with Crippen LogP contribution in [0.5, 0.6) is 0 Å². The van der Waals surface area contributed by atoms with Crippen molar-refractivity contribution in [3.63, 3.8) is 0 Å². The lowest BCUT2D eigenvalue weighted by molar-refractivity contribution is 0.548. The minimum absolute atomic E-state index is 0.958. The zero-order chi connectivity index (χ0) is 9.61. The summed E-state index contributed by atoms with van der Waals surface area (Å²) in [7, 11) is -1.81. The van der Waals surface area contributed by atoms with Gasteiger partial charge in [-0.05, 0) is 39.4 Å². The molecule has 0 spiro atoms. The third kappa shape index (κ3) is 9.66. The molecule has 0 unspecified atom stereocenters. The molecule has 0 saturated heterocycles. The van der Waals surface area contributed by atoms with Gasteiger partial charge in [0.15, 0.2) is 8.32 Å². The van der Waals surface area contributed by atoms with Crippen LogP contribution in [0.2, 0.25) is 19.1 Å². The summed E-state index contributed by atoms with van der Waals surface area (Å²) in [5.74, 6) is 0. The SMILES string of the molecule is CC(C)=C/C=C/CC[Si](C)(C)O. The van der Waals surface area contributed by atoms with Crippen molar-refractivity contribution < 1.29 is 4.80 Å². The second kappa shape index (κ2) is 5.33. The van der Waals surface area contributed by atoms with E-state index in [2.05, 4.69) is 32.1 Å². The van der Waals surface area contributed by atoms with Crippen LogP contribution in [0.25, 0.3) is 0 Å². The quantitative estimate of drug-likeness (QED) is 0.526. The molecule has 1 N–H and O–H groups in total. The number of hydrogen-bond acceptors (Lipinski definition) is 1. The lowest BCUT2D eigenvalue weighted by Crippen LogP contribution is -2.23. The van der Waals surface area contributed by atoms with Gasteiger partial charge >= 0.3 is 0 Å². The second-order valence-electron chi connectivity index (χ2n) is 4.02. The van der Waals surface area contributed by atoms with Crippen molar-refractivity contribution in [1.29, 1.82) is 0 Å². The minimum atomic E-state index is -1.81. The van der Waals surface area contributed by atoms with Crippen LogP contribution in [0.1, 0.15) is 20.3 Å². The highest BCUT2D eigenvalue weighted by atomic mass is 28.4. The summed E-state index contributed by atoms with van der Waals surface area (Å²) in [6.45, 7) is 8.10. The van der Waals surface area contributed by atoms with E-state index in [1.165, 1.54) is 5.57 Å². The van der Waals surface area contributed by atoms with Crippen molar-refractivity contribution in [3.8, 4) is 0 Å². The Hall–Kier alpha value is -0.343. The van der Waals surface area contributed by atoms with E-state index in [-0.39, 0.29) is 0 Å². The Kier molecular flexibility index (Phi) is 5.18. The monoisotopic (exact) mass is 184 g/mol. The summed E-state index contributed by atoms with van der Waals surface area (Å²) in [5, 5.41) is 0. The Morgan fingerprint density at radius 3 is 2.33 bits per heavy atom. The summed E-state index contributed by atoms with van der Waals surface area (Å²) >= 11 is 0. The Morgan fingerprint density at radius 2 is 1.92 bits per heavy atom. The zero-order valence-electron chi connectivity index (χ0n) is 8.59. The predicted octanol–water partition coefficient (Wildman–Crippen LogP) is 3.10. The number of allylic oxidation sites excluding steroid dienone is 4. The van der Waals surface area contributed by atoms with E-state index in [9.17, 15) is 4.80 Å². The van der Waals surface area contributed by atoms with Gasteiger partial charge in [-0.3, -0.25) is 0 Å². The summed E-state index contributed by atoms with van der Waals surface area (Å²) in [6, 6.07) is 0.958. The average Bonchev–Trinajstić information content (AvgIpc) is 1.83. The first-order valence-electron chi connectivity index (χ1n) is 4.44. The van der Waals surface area contributed by atoms with Crippen LogP contribution in [0, 0.1) is 0 Å². The zero-order valence-corrected chi connectivity index (χ0v) is 9.59. The highest BCUT2D eigenvalue weighted by Crippen LogP contribution is 2.07. The van der Waals surface area contributed by atoms with Crippen LogP contribution in [0.4, 0.5) is 0 Å². The normalized spacial score (nSPS) is 12.1. The molecule has 0 fully saturated rings. The van der Waals surface area contributed by atoms with Crippen LogP contribution in [0.15, 0.2) is 23.8 Å². The van der Waals surface area contributed by atoms with E-state index in [0.29, 0.717) is 0 Å². The standard InChI is InChI=1S/C10H20OSi/c1-10(2)8-6-5-7-9-12(3,4)11/h5-6,8,11H,7,9H2,1-4H3/b6-5+. The van der Waals surface area contributed by atoms with Gasteiger partial charge in [-0.15, -0.1) is 0 Å². The van der Waals surface area contributed by atoms with Gasteiger partial charge in [-0.25, -0.2) is 0 Å². The van der Waals surface area contributed by atoms with E-state index < -0.39 is 8.32 Å². The summed E-state index contributed by atoms with van der Waals surface area (Å²) in [6.07, 6.45) is 7.28. The van der Waals surface area contributed by atoms with Crippen LogP contribution in [0.3, 0.4) is 0 Å². The molecular weight excluding hydrogens is 164 g/mol. The Balaban J connectivity index is 3.57. The highest BCUT2D eigenvalue weighted by molar-refractivity contribution is 6.69. The first-order valence-corrected chi connectivity index (χ1v) is 7.60. The van der Waals surface area contributed by atoms with Crippen molar-refractivity contribution in [1.82, 2.24) is 0 Å². The van der Waals surface area contributed by atoms with E-state index in [1.54, 1.807) is 0 Å². The molecule has 0 aromatic rings. The highest BCUT2D eigenvalue weighted by Gasteiger charge is 2.14. The van der Waals surface area contributed by atoms with E-state index in [0.717, 1.165) is 12.5 Å². The summed E-state index contributed by atoms with van der Waals surface area (Å²) < 4.78 is 0. The Morgan fingerprint density at radius 1 is 1.33 bits per heavy atom. The fourth-order valence-corrected chi connectivity index (χ4v) is 1.67. The van der Waals surface area contributed by atoms with E-state index in [4.69, 9.17) is 0 Å². The van der Waals surface area contributed by atoms with Gasteiger partial charge in [-0.1, -0.05) is 23.8 Å². The lowest BCUT2D eigenvalue weighted by atomic mass is 10.3. The molecule has 0 amide bonds. The Labute approximate surface area is 76.9 Å². The molecular formula is C10H20OSi. The third-order valence-corrected chi connectivity index (χ3v) is 3.00. The van der Waals surface area contributed by atoms with E-state index in [1.807, 2.05) is 13.1 Å². The second-order valence-corrected chi connectivity index (χ2v) is 8.15. The van der Waals surface area contributed by atoms with Crippen molar-refractivity contribution in [2.24, 2.45) is 0 Å². The first-order chi connectivity index (χ1) is 5.42. The molecule has 0 aliphatic rings. The number of hydrogen-bond donors (Lipinski definition) is 1. The number of rotatable bonds is 4. The summed E-state index contributed by atoms with van der Waals surface area (Å²) in [4.78, 5) is 9.52. The van der Waals surface area contributed by atoms with Crippen LogP contribution in [-0.2, 0) is 0 Å². The molecule has 0 aromatic carbocycles. The van der Waals surface area contributed by atoms with Gasteiger partial charge in [0.2, 0.25) is 0 Å². The van der Waals surface area contributed by atoms with Crippen LogP contribution >= 0.6 is 0 Å². The van der Waals surface area contributed by atoms with Crippen molar-refractivity contribution in [2.45, 2.75) is 39.4 Å². The smallest absolute Gasteiger partial charge is 0.182 e. The average molecular weight is 184 g/mol. The third-order valence-electron chi connectivity index (χ3n) is 1.49. The molecule has 0 saturated carbocycles. The molecule has 1 nitrogen and oxygen atoms in total. The Bertz CT molecular complexity index is 171. The fraction of sp³-hybridized carbons (Fsp3) is 0.600. The maximum atomic E-state index is 9.52. The molecule has 0 aliphatic heterocycles. The molecule has 12 heavy (non-hydrogen) atoms.